The van der Waals surface area contributed by atoms with E-state index in [0.717, 1.165) is 34.7 Å². The normalized spacial score (nSPS) is 19.8. The first-order valence-electron chi connectivity index (χ1n) is 8.99. The molecule has 2 aromatic rings. The van der Waals surface area contributed by atoms with Crippen molar-refractivity contribution in [2.24, 2.45) is 5.92 Å². The fourth-order valence-electron chi connectivity index (χ4n) is 3.89. The Hall–Kier alpha value is -2.04. The van der Waals surface area contributed by atoms with Gasteiger partial charge in [0.2, 0.25) is 0 Å². The van der Waals surface area contributed by atoms with Crippen molar-refractivity contribution < 1.29 is 14.6 Å². The van der Waals surface area contributed by atoms with Crippen molar-refractivity contribution in [1.82, 2.24) is 4.90 Å². The van der Waals surface area contributed by atoms with E-state index in [4.69, 9.17) is 21.4 Å². The molecule has 1 N–H and O–H groups in total. The molecule has 1 aliphatic carbocycles. The minimum Gasteiger partial charge on any atom is -0.489 e. The molecule has 1 fully saturated rings. The average Bonchev–Trinajstić information content (AvgIpc) is 2.95. The van der Waals surface area contributed by atoms with Gasteiger partial charge in [0.15, 0.2) is 0 Å². The van der Waals surface area contributed by atoms with Gasteiger partial charge in [0, 0.05) is 29.7 Å². The highest BCUT2D eigenvalue weighted by Crippen LogP contribution is 2.40. The van der Waals surface area contributed by atoms with Gasteiger partial charge in [0.1, 0.15) is 12.4 Å². The molecule has 0 amide bonds. The third-order valence-corrected chi connectivity index (χ3v) is 5.82. The molecule has 0 bridgehead atoms. The number of carboxylic acids is 1. The molecule has 1 atom stereocenters. The maximum Gasteiger partial charge on any atom is 0.309 e. The number of carboxylic acid groups (broad SMARTS) is 1. The summed E-state index contributed by atoms with van der Waals surface area (Å²) in [5, 5.41) is 9.79. The number of aliphatic carboxylic acids is 1. The predicted octanol–water partition coefficient (Wildman–Crippen LogP) is 4.23. The monoisotopic (exact) mass is 371 g/mol. The van der Waals surface area contributed by atoms with Gasteiger partial charge in [0.25, 0.3) is 0 Å². The Bertz CT molecular complexity index is 845. The molecule has 4 nitrogen and oxygen atoms in total. The maximum atomic E-state index is 11.0. The minimum atomic E-state index is -0.682. The molecule has 2 aromatic carbocycles. The van der Waals surface area contributed by atoms with Gasteiger partial charge in [-0.2, -0.15) is 0 Å². The summed E-state index contributed by atoms with van der Waals surface area (Å²) in [6.07, 6.45) is 2.06. The van der Waals surface area contributed by atoms with Crippen LogP contribution in [0.1, 0.15) is 34.7 Å². The van der Waals surface area contributed by atoms with Crippen LogP contribution < -0.4 is 4.74 Å². The van der Waals surface area contributed by atoms with Crippen LogP contribution in [0, 0.1) is 12.8 Å². The molecular formula is C21H22ClNO3. The van der Waals surface area contributed by atoms with Gasteiger partial charge in [-0.25, -0.2) is 0 Å². The summed E-state index contributed by atoms with van der Waals surface area (Å²) in [7, 11) is 0. The fraction of sp³-hybridized carbons (Fsp3) is 0.381. The lowest BCUT2D eigenvalue weighted by Gasteiger charge is -2.41. The number of halogens is 1. The Labute approximate surface area is 158 Å². The number of hydrogen-bond acceptors (Lipinski definition) is 3. The van der Waals surface area contributed by atoms with Crippen molar-refractivity contribution in [3.05, 3.63) is 63.7 Å². The highest BCUT2D eigenvalue weighted by Gasteiger charge is 2.39. The van der Waals surface area contributed by atoms with E-state index in [2.05, 4.69) is 17.0 Å². The predicted molar refractivity (Wildman–Crippen MR) is 101 cm³/mol. The van der Waals surface area contributed by atoms with E-state index in [1.54, 1.807) is 0 Å². The van der Waals surface area contributed by atoms with Crippen molar-refractivity contribution in [3.8, 4) is 5.75 Å². The molecular weight excluding hydrogens is 350 g/mol. The van der Waals surface area contributed by atoms with Crippen LogP contribution in [-0.2, 0) is 17.8 Å². The Morgan fingerprint density at radius 2 is 2.08 bits per heavy atom. The number of ether oxygens (including phenoxy) is 1. The number of likely N-dealkylation sites (tertiary alicyclic amines) is 1. The Kier molecular flexibility index (Phi) is 4.63. The van der Waals surface area contributed by atoms with E-state index in [1.165, 1.54) is 11.1 Å². The molecule has 5 heteroatoms. The van der Waals surface area contributed by atoms with E-state index in [9.17, 15) is 4.79 Å². The molecule has 4 rings (SSSR count). The first-order valence-corrected chi connectivity index (χ1v) is 9.36. The van der Waals surface area contributed by atoms with E-state index in [0.29, 0.717) is 25.7 Å². The van der Waals surface area contributed by atoms with Crippen LogP contribution in [0.5, 0.6) is 5.75 Å². The van der Waals surface area contributed by atoms with E-state index in [-0.39, 0.29) is 5.92 Å². The first kappa shape index (κ1) is 17.4. The quantitative estimate of drug-likeness (QED) is 0.854. The zero-order valence-corrected chi connectivity index (χ0v) is 15.5. The molecule has 1 heterocycles. The summed E-state index contributed by atoms with van der Waals surface area (Å²) in [5.74, 6) is -0.0352. The van der Waals surface area contributed by atoms with Crippen LogP contribution in [0.15, 0.2) is 36.4 Å². The second-order valence-electron chi connectivity index (χ2n) is 7.29. The van der Waals surface area contributed by atoms with Crippen LogP contribution in [0.4, 0.5) is 0 Å². The van der Waals surface area contributed by atoms with Crippen LogP contribution >= 0.6 is 11.6 Å². The van der Waals surface area contributed by atoms with Gasteiger partial charge < -0.3 is 9.84 Å². The molecule has 1 unspecified atom stereocenters. The lowest BCUT2D eigenvalue weighted by atomic mass is 9.95. The summed E-state index contributed by atoms with van der Waals surface area (Å²) in [5.41, 5.74) is 4.74. The number of nitrogens with zero attached hydrogens (tertiary/aromatic N) is 1. The van der Waals surface area contributed by atoms with Gasteiger partial charge in [0.05, 0.1) is 5.92 Å². The summed E-state index contributed by atoms with van der Waals surface area (Å²) in [6, 6.07) is 12.6. The molecule has 2 aliphatic rings. The summed E-state index contributed by atoms with van der Waals surface area (Å²) < 4.78 is 5.95. The number of fused-ring (bicyclic) bond motifs is 1. The molecule has 0 aromatic heterocycles. The standard InChI is InChI=1S/C21H22ClNO3/c1-13-2-3-15(19(22)8-13)12-26-17-5-6-18-14(9-17)4-7-20(18)23-10-16(11-23)21(24)25/h2-3,5-6,8-9,16,20H,4,7,10-12H2,1H3,(H,24,25). The zero-order valence-electron chi connectivity index (χ0n) is 14.7. The third-order valence-electron chi connectivity index (χ3n) is 5.46. The van der Waals surface area contributed by atoms with Crippen molar-refractivity contribution in [2.45, 2.75) is 32.4 Å². The lowest BCUT2D eigenvalue weighted by Crippen LogP contribution is -2.51. The number of hydrogen-bond donors (Lipinski definition) is 1. The highest BCUT2D eigenvalue weighted by atomic mass is 35.5. The van der Waals surface area contributed by atoms with Gasteiger partial charge in [-0.3, -0.25) is 9.69 Å². The van der Waals surface area contributed by atoms with Crippen LogP contribution in [0.25, 0.3) is 0 Å². The van der Waals surface area contributed by atoms with Crippen molar-refractivity contribution >= 4 is 17.6 Å². The zero-order chi connectivity index (χ0) is 18.3. The second-order valence-corrected chi connectivity index (χ2v) is 7.69. The summed E-state index contributed by atoms with van der Waals surface area (Å²) >= 11 is 6.27. The topological polar surface area (TPSA) is 49.8 Å². The van der Waals surface area contributed by atoms with Crippen LogP contribution in [0.3, 0.4) is 0 Å². The Morgan fingerprint density at radius 1 is 1.27 bits per heavy atom. The third kappa shape index (κ3) is 3.31. The molecule has 0 spiro atoms. The number of benzene rings is 2. The van der Waals surface area contributed by atoms with Crippen molar-refractivity contribution in [3.63, 3.8) is 0 Å². The van der Waals surface area contributed by atoms with Crippen molar-refractivity contribution in [1.29, 1.82) is 0 Å². The number of rotatable bonds is 5. The van der Waals surface area contributed by atoms with Crippen molar-refractivity contribution in [2.75, 3.05) is 13.1 Å². The van der Waals surface area contributed by atoms with Gasteiger partial charge in [-0.15, -0.1) is 0 Å². The minimum absolute atomic E-state index is 0.207. The molecule has 1 aliphatic heterocycles. The molecule has 26 heavy (non-hydrogen) atoms. The maximum absolute atomic E-state index is 11.0. The molecule has 0 radical (unpaired) electrons. The summed E-state index contributed by atoms with van der Waals surface area (Å²) in [6.45, 7) is 3.78. The summed E-state index contributed by atoms with van der Waals surface area (Å²) in [4.78, 5) is 13.3. The molecule has 0 saturated carbocycles. The fourth-order valence-corrected chi connectivity index (χ4v) is 4.18. The first-order chi connectivity index (χ1) is 12.5. The van der Waals surface area contributed by atoms with Gasteiger partial charge in [-0.1, -0.05) is 29.8 Å². The molecule has 136 valence electrons. The number of carbonyl (C=O) groups is 1. The molecule has 1 saturated heterocycles. The lowest BCUT2D eigenvalue weighted by molar-refractivity contribution is -0.148. The van der Waals surface area contributed by atoms with Gasteiger partial charge >= 0.3 is 5.97 Å². The SMILES string of the molecule is Cc1ccc(COc2ccc3c(c2)CCC3N2CC(C(=O)O)C2)c(Cl)c1. The Balaban J connectivity index is 1.41. The van der Waals surface area contributed by atoms with Crippen LogP contribution in [-0.4, -0.2) is 29.1 Å². The largest absolute Gasteiger partial charge is 0.489 e. The average molecular weight is 372 g/mol. The smallest absolute Gasteiger partial charge is 0.309 e. The van der Waals surface area contributed by atoms with Gasteiger partial charge in [-0.05, 0) is 54.7 Å². The van der Waals surface area contributed by atoms with Crippen LogP contribution in [0.2, 0.25) is 5.02 Å². The second kappa shape index (κ2) is 6.93. The highest BCUT2D eigenvalue weighted by molar-refractivity contribution is 6.31. The van der Waals surface area contributed by atoms with E-state index >= 15 is 0 Å². The number of aryl methyl sites for hydroxylation is 2. The Morgan fingerprint density at radius 3 is 2.81 bits per heavy atom. The van der Waals surface area contributed by atoms with E-state index in [1.807, 2.05) is 31.2 Å². The van der Waals surface area contributed by atoms with E-state index < -0.39 is 5.97 Å².